The van der Waals surface area contributed by atoms with Crippen molar-refractivity contribution in [1.82, 2.24) is 0 Å². The topological polar surface area (TPSA) is 89.7 Å². The number of rotatable bonds is 5. The molecule has 0 saturated carbocycles. The van der Waals surface area contributed by atoms with E-state index < -0.39 is 17.0 Å². The van der Waals surface area contributed by atoms with Gasteiger partial charge in [0.15, 0.2) is 0 Å². The zero-order valence-corrected chi connectivity index (χ0v) is 9.54. The van der Waals surface area contributed by atoms with Gasteiger partial charge >= 0.3 is 5.97 Å². The molecule has 0 aliphatic heterocycles. The molecule has 0 amide bonds. The Bertz CT molecular complexity index is 443. The smallest absolute Gasteiger partial charge is 0.307 e. The van der Waals surface area contributed by atoms with Gasteiger partial charge in [0.25, 0.3) is 5.69 Å². The molecule has 0 bridgehead atoms. The Hall–Kier alpha value is -2.11. The lowest BCUT2D eigenvalue weighted by molar-refractivity contribution is -0.385. The van der Waals surface area contributed by atoms with E-state index >= 15 is 0 Å². The number of nitrogens with zero attached hydrogens (tertiary/aromatic N) is 1. The zero-order valence-electron chi connectivity index (χ0n) is 9.54. The lowest BCUT2D eigenvalue weighted by Crippen LogP contribution is -2.17. The second kappa shape index (κ2) is 5.29. The van der Waals surface area contributed by atoms with Crippen LogP contribution in [-0.4, -0.2) is 22.1 Å². The zero-order chi connectivity index (χ0) is 13.0. The van der Waals surface area contributed by atoms with Gasteiger partial charge in [-0.1, -0.05) is 6.07 Å². The van der Waals surface area contributed by atoms with Gasteiger partial charge in [0, 0.05) is 6.07 Å². The van der Waals surface area contributed by atoms with Crippen LogP contribution in [0, 0.1) is 17.0 Å². The minimum Gasteiger partial charge on any atom is -0.490 e. The Kier molecular flexibility index (Phi) is 4.03. The molecule has 92 valence electrons. The van der Waals surface area contributed by atoms with Crippen LogP contribution in [0.3, 0.4) is 0 Å². The highest BCUT2D eigenvalue weighted by molar-refractivity contribution is 5.67. The van der Waals surface area contributed by atoms with Crippen molar-refractivity contribution < 1.29 is 19.6 Å². The fourth-order valence-electron chi connectivity index (χ4n) is 1.43. The molecule has 0 radical (unpaired) electrons. The van der Waals surface area contributed by atoms with Crippen molar-refractivity contribution in [3.05, 3.63) is 33.9 Å². The maximum absolute atomic E-state index is 10.7. The van der Waals surface area contributed by atoms with Crippen LogP contribution in [0.2, 0.25) is 0 Å². The fourth-order valence-corrected chi connectivity index (χ4v) is 1.43. The number of ether oxygens (including phenoxy) is 1. The van der Waals surface area contributed by atoms with Gasteiger partial charge in [-0.05, 0) is 19.9 Å². The molecule has 0 aliphatic carbocycles. The van der Waals surface area contributed by atoms with Crippen LogP contribution in [0.15, 0.2) is 18.2 Å². The minimum absolute atomic E-state index is 0.0370. The molecule has 0 heterocycles. The summed E-state index contributed by atoms with van der Waals surface area (Å²) in [6, 6.07) is 4.47. The van der Waals surface area contributed by atoms with Crippen LogP contribution in [0.4, 0.5) is 5.69 Å². The summed E-state index contributed by atoms with van der Waals surface area (Å²) in [4.78, 5) is 20.7. The largest absolute Gasteiger partial charge is 0.490 e. The second-order valence-corrected chi connectivity index (χ2v) is 3.68. The van der Waals surface area contributed by atoms with Crippen molar-refractivity contribution >= 4 is 11.7 Å². The fraction of sp³-hybridized carbons (Fsp3) is 0.364. The molecule has 6 nitrogen and oxygen atoms in total. The highest BCUT2D eigenvalue weighted by Gasteiger charge is 2.16. The number of carboxylic acid groups (broad SMARTS) is 1. The molecule has 1 aromatic carbocycles. The normalized spacial score (nSPS) is 11.9. The van der Waals surface area contributed by atoms with Gasteiger partial charge in [-0.15, -0.1) is 0 Å². The molecule has 0 spiro atoms. The number of carbonyl (C=O) groups is 1. The molecule has 6 heteroatoms. The van der Waals surface area contributed by atoms with Crippen molar-refractivity contribution in [2.45, 2.75) is 26.4 Å². The van der Waals surface area contributed by atoms with Gasteiger partial charge < -0.3 is 9.84 Å². The molecule has 1 aromatic rings. The quantitative estimate of drug-likeness (QED) is 0.628. The maximum Gasteiger partial charge on any atom is 0.307 e. The van der Waals surface area contributed by atoms with Crippen LogP contribution >= 0.6 is 0 Å². The van der Waals surface area contributed by atoms with Crippen molar-refractivity contribution in [2.24, 2.45) is 0 Å². The van der Waals surface area contributed by atoms with E-state index in [9.17, 15) is 14.9 Å². The molecule has 0 aliphatic rings. The van der Waals surface area contributed by atoms with Crippen LogP contribution in [0.25, 0.3) is 0 Å². The van der Waals surface area contributed by atoms with Crippen molar-refractivity contribution in [3.63, 3.8) is 0 Å². The van der Waals surface area contributed by atoms with Crippen LogP contribution in [0.5, 0.6) is 5.75 Å². The maximum atomic E-state index is 10.7. The van der Waals surface area contributed by atoms with E-state index in [0.29, 0.717) is 11.3 Å². The Morgan fingerprint density at radius 2 is 2.24 bits per heavy atom. The molecule has 1 rings (SSSR count). The lowest BCUT2D eigenvalue weighted by Gasteiger charge is -2.14. The summed E-state index contributed by atoms with van der Waals surface area (Å²) in [6.45, 7) is 3.17. The van der Waals surface area contributed by atoms with Crippen LogP contribution < -0.4 is 4.74 Å². The summed E-state index contributed by atoms with van der Waals surface area (Å²) in [5, 5.41) is 19.3. The summed E-state index contributed by atoms with van der Waals surface area (Å²) in [6.07, 6.45) is -0.685. The summed E-state index contributed by atoms with van der Waals surface area (Å²) in [5.74, 6) is -0.631. The van der Waals surface area contributed by atoms with Crippen molar-refractivity contribution in [1.29, 1.82) is 0 Å². The average molecular weight is 239 g/mol. The van der Waals surface area contributed by atoms with E-state index in [1.54, 1.807) is 19.9 Å². The number of aliphatic carboxylic acids is 1. The van der Waals surface area contributed by atoms with Gasteiger partial charge in [0.2, 0.25) is 0 Å². The SMILES string of the molecule is Cc1c(OC(C)CC(=O)O)cccc1[N+](=O)[O-]. The molecule has 1 N–H and O–H groups in total. The first-order valence-electron chi connectivity index (χ1n) is 5.04. The Morgan fingerprint density at radius 1 is 1.59 bits per heavy atom. The predicted molar refractivity (Wildman–Crippen MR) is 60.2 cm³/mol. The Balaban J connectivity index is 2.88. The van der Waals surface area contributed by atoms with E-state index in [1.807, 2.05) is 0 Å². The first kappa shape index (κ1) is 13.0. The standard InChI is InChI=1S/C11H13NO5/c1-7(6-11(13)14)17-10-5-3-4-9(8(10)2)12(15)16/h3-5,7H,6H2,1-2H3,(H,13,14). The Labute approximate surface area is 98.0 Å². The molecule has 1 unspecified atom stereocenters. The van der Waals surface area contributed by atoms with Crippen LogP contribution in [-0.2, 0) is 4.79 Å². The second-order valence-electron chi connectivity index (χ2n) is 3.68. The number of hydrogen-bond acceptors (Lipinski definition) is 4. The van der Waals surface area contributed by atoms with Crippen LogP contribution in [0.1, 0.15) is 18.9 Å². The van der Waals surface area contributed by atoms with Gasteiger partial charge in [-0.3, -0.25) is 14.9 Å². The summed E-state index contributed by atoms with van der Waals surface area (Å²) < 4.78 is 5.36. The minimum atomic E-state index is -0.972. The number of benzene rings is 1. The average Bonchev–Trinajstić information content (AvgIpc) is 2.19. The van der Waals surface area contributed by atoms with E-state index in [1.165, 1.54) is 12.1 Å². The molecule has 17 heavy (non-hydrogen) atoms. The molecular weight excluding hydrogens is 226 g/mol. The predicted octanol–water partition coefficient (Wildman–Crippen LogP) is 2.15. The van der Waals surface area contributed by atoms with Gasteiger partial charge in [0.05, 0.1) is 16.9 Å². The third kappa shape index (κ3) is 3.44. The summed E-state index contributed by atoms with van der Waals surface area (Å²) >= 11 is 0. The van der Waals surface area contributed by atoms with E-state index in [0.717, 1.165) is 0 Å². The number of carboxylic acids is 1. The first-order valence-corrected chi connectivity index (χ1v) is 5.04. The van der Waals surface area contributed by atoms with Gasteiger partial charge in [0.1, 0.15) is 11.9 Å². The number of nitro benzene ring substituents is 1. The summed E-state index contributed by atoms with van der Waals surface area (Å²) in [7, 11) is 0. The third-order valence-electron chi connectivity index (χ3n) is 2.24. The lowest BCUT2D eigenvalue weighted by atomic mass is 10.2. The number of nitro groups is 1. The molecule has 0 fully saturated rings. The van der Waals surface area contributed by atoms with E-state index in [-0.39, 0.29) is 12.1 Å². The molecule has 0 saturated heterocycles. The monoisotopic (exact) mass is 239 g/mol. The van der Waals surface area contributed by atoms with Crippen molar-refractivity contribution in [3.8, 4) is 5.75 Å². The third-order valence-corrected chi connectivity index (χ3v) is 2.24. The number of hydrogen-bond donors (Lipinski definition) is 1. The molecule has 1 atom stereocenters. The van der Waals surface area contributed by atoms with Gasteiger partial charge in [-0.25, -0.2) is 0 Å². The molecule has 0 aromatic heterocycles. The van der Waals surface area contributed by atoms with E-state index in [2.05, 4.69) is 0 Å². The molecular formula is C11H13NO5. The van der Waals surface area contributed by atoms with Crippen molar-refractivity contribution in [2.75, 3.05) is 0 Å². The van der Waals surface area contributed by atoms with Gasteiger partial charge in [-0.2, -0.15) is 0 Å². The highest BCUT2D eigenvalue weighted by atomic mass is 16.6. The summed E-state index contributed by atoms with van der Waals surface area (Å²) in [5.41, 5.74) is 0.361. The van der Waals surface area contributed by atoms with E-state index in [4.69, 9.17) is 9.84 Å². The Morgan fingerprint density at radius 3 is 2.76 bits per heavy atom. The first-order chi connectivity index (χ1) is 7.91. The highest BCUT2D eigenvalue weighted by Crippen LogP contribution is 2.27.